The van der Waals surface area contributed by atoms with Gasteiger partial charge in [0.1, 0.15) is 0 Å². The van der Waals surface area contributed by atoms with E-state index in [1.807, 2.05) is 18.7 Å². The number of rotatable bonds is 4. The first kappa shape index (κ1) is 16.4. The maximum Gasteiger partial charge on any atom is 0.317 e. The fraction of sp³-hybridized carbons (Fsp3) is 0.857. The van der Waals surface area contributed by atoms with Crippen molar-refractivity contribution < 1.29 is 14.7 Å². The Labute approximate surface area is 130 Å². The summed E-state index contributed by atoms with van der Waals surface area (Å²) in [5, 5.41) is 12.0. The Bertz CT molecular complexity index is 374. The fourth-order valence-electron chi connectivity index (χ4n) is 2.95. The number of piperidine rings is 1. The number of carbonyl (C=O) groups excluding carboxylic acids is 1. The lowest BCUT2D eigenvalue weighted by atomic mass is 9.92. The van der Waals surface area contributed by atoms with Crippen molar-refractivity contribution in [3.8, 4) is 0 Å². The van der Waals surface area contributed by atoms with Gasteiger partial charge >= 0.3 is 12.0 Å². The molecule has 0 radical (unpaired) electrons. The second-order valence-corrected chi connectivity index (χ2v) is 7.01. The van der Waals surface area contributed by atoms with Crippen LogP contribution >= 0.6 is 11.8 Å². The number of amides is 2. The Morgan fingerprint density at radius 2 is 2.00 bits per heavy atom. The predicted octanol–water partition coefficient (Wildman–Crippen LogP) is 0.930. The molecule has 2 aliphatic rings. The van der Waals surface area contributed by atoms with Crippen molar-refractivity contribution in [2.45, 2.75) is 25.8 Å². The summed E-state index contributed by atoms with van der Waals surface area (Å²) in [5.74, 6) is 1.29. The van der Waals surface area contributed by atoms with Gasteiger partial charge in [0.25, 0.3) is 0 Å². The summed E-state index contributed by atoms with van der Waals surface area (Å²) in [4.78, 5) is 27.3. The molecule has 2 amide bonds. The molecule has 0 bridgehead atoms. The van der Waals surface area contributed by atoms with Crippen molar-refractivity contribution >= 4 is 23.8 Å². The number of hydrogen-bond donors (Lipinski definition) is 2. The fourth-order valence-corrected chi connectivity index (χ4v) is 3.92. The molecule has 2 atom stereocenters. The first-order valence-electron chi connectivity index (χ1n) is 7.65. The van der Waals surface area contributed by atoms with E-state index in [0.717, 1.165) is 19.6 Å². The molecular formula is C14H25N3O3S. The molecule has 0 saturated carbocycles. The van der Waals surface area contributed by atoms with Crippen molar-refractivity contribution in [3.63, 3.8) is 0 Å². The molecule has 120 valence electrons. The summed E-state index contributed by atoms with van der Waals surface area (Å²) in [6.45, 7) is 6.21. The third kappa shape index (κ3) is 4.78. The van der Waals surface area contributed by atoms with Gasteiger partial charge in [-0.25, -0.2) is 4.79 Å². The predicted molar refractivity (Wildman–Crippen MR) is 83.7 cm³/mol. The Kier molecular flexibility index (Phi) is 6.17. The average molecular weight is 315 g/mol. The normalized spacial score (nSPS) is 27.4. The molecule has 6 nitrogen and oxygen atoms in total. The Morgan fingerprint density at radius 1 is 1.29 bits per heavy atom. The molecule has 0 aromatic carbocycles. The van der Waals surface area contributed by atoms with Gasteiger partial charge in [0, 0.05) is 50.3 Å². The van der Waals surface area contributed by atoms with Crippen molar-refractivity contribution in [1.82, 2.24) is 15.1 Å². The van der Waals surface area contributed by atoms with E-state index >= 15 is 0 Å². The minimum Gasteiger partial charge on any atom is -0.481 e. The Hall–Kier alpha value is -0.950. The van der Waals surface area contributed by atoms with E-state index in [2.05, 4.69) is 10.2 Å². The monoisotopic (exact) mass is 315 g/mol. The molecule has 2 saturated heterocycles. The van der Waals surface area contributed by atoms with Gasteiger partial charge in [-0.3, -0.25) is 9.69 Å². The third-order valence-corrected chi connectivity index (χ3v) is 5.24. The maximum absolute atomic E-state index is 12.2. The van der Waals surface area contributed by atoms with Crippen LogP contribution in [0.3, 0.4) is 0 Å². The van der Waals surface area contributed by atoms with Gasteiger partial charge in [-0.1, -0.05) is 0 Å². The van der Waals surface area contributed by atoms with E-state index in [1.54, 1.807) is 4.90 Å². The number of nitrogens with one attached hydrogen (secondary N) is 1. The minimum absolute atomic E-state index is 0.00811. The van der Waals surface area contributed by atoms with Crippen LogP contribution in [0.1, 0.15) is 19.8 Å². The highest BCUT2D eigenvalue weighted by atomic mass is 32.2. The van der Waals surface area contributed by atoms with E-state index in [-0.39, 0.29) is 18.0 Å². The van der Waals surface area contributed by atoms with Gasteiger partial charge in [-0.2, -0.15) is 11.8 Å². The number of hydrogen-bond acceptors (Lipinski definition) is 4. The summed E-state index contributed by atoms with van der Waals surface area (Å²) in [7, 11) is 0. The maximum atomic E-state index is 12.2. The summed E-state index contributed by atoms with van der Waals surface area (Å²) < 4.78 is 0. The zero-order valence-electron chi connectivity index (χ0n) is 12.6. The number of thioether (sulfide) groups is 1. The zero-order chi connectivity index (χ0) is 15.2. The van der Waals surface area contributed by atoms with E-state index in [0.29, 0.717) is 25.9 Å². The number of carboxylic acid groups (broad SMARTS) is 1. The second kappa shape index (κ2) is 7.89. The molecule has 0 aromatic rings. The van der Waals surface area contributed by atoms with E-state index in [1.165, 1.54) is 11.5 Å². The minimum atomic E-state index is -0.745. The molecular weight excluding hydrogens is 290 g/mol. The summed E-state index contributed by atoms with van der Waals surface area (Å²) >= 11 is 1.98. The lowest BCUT2D eigenvalue weighted by Crippen LogP contribution is -2.51. The lowest BCUT2D eigenvalue weighted by Gasteiger charge is -2.36. The van der Waals surface area contributed by atoms with Crippen LogP contribution in [-0.4, -0.2) is 77.2 Å². The molecule has 0 aliphatic carbocycles. The molecule has 2 aliphatic heterocycles. The molecule has 0 aromatic heterocycles. The Balaban J connectivity index is 1.69. The van der Waals surface area contributed by atoms with E-state index < -0.39 is 5.97 Å². The molecule has 2 unspecified atom stereocenters. The van der Waals surface area contributed by atoms with Crippen LogP contribution in [0.2, 0.25) is 0 Å². The van der Waals surface area contributed by atoms with Crippen LogP contribution in [0.15, 0.2) is 0 Å². The molecule has 7 heteroatoms. The molecule has 2 N–H and O–H groups in total. The number of aliphatic carboxylic acids is 1. The number of carboxylic acids is 1. The van der Waals surface area contributed by atoms with Gasteiger partial charge in [0.15, 0.2) is 0 Å². The van der Waals surface area contributed by atoms with Gasteiger partial charge in [0.2, 0.25) is 0 Å². The highest BCUT2D eigenvalue weighted by molar-refractivity contribution is 7.99. The summed E-state index contributed by atoms with van der Waals surface area (Å²) in [6.07, 6.45) is 1.10. The van der Waals surface area contributed by atoms with Crippen LogP contribution in [0.5, 0.6) is 0 Å². The van der Waals surface area contributed by atoms with Crippen LogP contribution < -0.4 is 5.32 Å². The number of likely N-dealkylation sites (tertiary alicyclic amines) is 1. The molecule has 2 rings (SSSR count). The molecule has 21 heavy (non-hydrogen) atoms. The third-order valence-electron chi connectivity index (χ3n) is 4.29. The summed E-state index contributed by atoms with van der Waals surface area (Å²) in [5.41, 5.74) is 0. The average Bonchev–Trinajstić information content (AvgIpc) is 2.48. The van der Waals surface area contributed by atoms with Crippen molar-refractivity contribution in [1.29, 1.82) is 0 Å². The van der Waals surface area contributed by atoms with Crippen molar-refractivity contribution in [2.24, 2.45) is 5.92 Å². The van der Waals surface area contributed by atoms with Crippen LogP contribution in [0.25, 0.3) is 0 Å². The topological polar surface area (TPSA) is 72.9 Å². The largest absolute Gasteiger partial charge is 0.481 e. The Morgan fingerprint density at radius 3 is 2.62 bits per heavy atom. The highest BCUT2D eigenvalue weighted by Gasteiger charge is 2.32. The first-order valence-corrected chi connectivity index (χ1v) is 8.80. The van der Waals surface area contributed by atoms with Crippen molar-refractivity contribution in [2.75, 3.05) is 44.2 Å². The molecule has 2 fully saturated rings. The van der Waals surface area contributed by atoms with Crippen molar-refractivity contribution in [3.05, 3.63) is 0 Å². The number of nitrogens with zero attached hydrogens (tertiary/aromatic N) is 2. The quantitative estimate of drug-likeness (QED) is 0.807. The van der Waals surface area contributed by atoms with Crippen LogP contribution in [0.4, 0.5) is 4.79 Å². The zero-order valence-corrected chi connectivity index (χ0v) is 13.4. The van der Waals surface area contributed by atoms with Gasteiger partial charge in [-0.15, -0.1) is 0 Å². The van der Waals surface area contributed by atoms with Crippen LogP contribution in [-0.2, 0) is 4.79 Å². The first-order chi connectivity index (χ1) is 10.1. The van der Waals surface area contributed by atoms with Gasteiger partial charge in [-0.05, 0) is 19.8 Å². The van der Waals surface area contributed by atoms with E-state index in [4.69, 9.17) is 5.11 Å². The SMILES string of the molecule is CC1CC(C(=O)O)CCN1C(=O)NCCN1CCSCC1. The van der Waals surface area contributed by atoms with E-state index in [9.17, 15) is 9.59 Å². The summed E-state index contributed by atoms with van der Waals surface area (Å²) in [6, 6.07) is -0.0658. The smallest absolute Gasteiger partial charge is 0.317 e. The second-order valence-electron chi connectivity index (χ2n) is 5.79. The molecule has 2 heterocycles. The molecule has 0 spiro atoms. The standard InChI is InChI=1S/C14H25N3O3S/c1-11-10-12(13(18)19)2-4-17(11)14(20)15-3-5-16-6-8-21-9-7-16/h11-12H,2-10H2,1H3,(H,15,20)(H,18,19). The van der Waals surface area contributed by atoms with Gasteiger partial charge in [0.05, 0.1) is 5.92 Å². The highest BCUT2D eigenvalue weighted by Crippen LogP contribution is 2.22. The lowest BCUT2D eigenvalue weighted by molar-refractivity contribution is -0.143. The number of carbonyl (C=O) groups is 2. The van der Waals surface area contributed by atoms with Gasteiger partial charge < -0.3 is 15.3 Å². The van der Waals surface area contributed by atoms with Crippen LogP contribution in [0, 0.1) is 5.92 Å². The number of urea groups is 1.